The van der Waals surface area contributed by atoms with E-state index in [1.165, 1.54) is 0 Å². The van der Waals surface area contributed by atoms with Gasteiger partial charge in [0.1, 0.15) is 5.56 Å². The molecule has 1 amide bonds. The highest BCUT2D eigenvalue weighted by molar-refractivity contribution is 5.94. The lowest BCUT2D eigenvalue weighted by atomic mass is 10.1. The van der Waals surface area contributed by atoms with E-state index in [1.54, 1.807) is 24.0 Å². The third kappa shape index (κ3) is 3.08. The van der Waals surface area contributed by atoms with Crippen molar-refractivity contribution in [2.24, 2.45) is 0 Å². The number of hydrogen-bond donors (Lipinski definition) is 2. The quantitative estimate of drug-likeness (QED) is 0.805. The van der Waals surface area contributed by atoms with Crippen LogP contribution in [0, 0.1) is 6.92 Å². The van der Waals surface area contributed by atoms with Crippen LogP contribution in [0.5, 0.6) is 0 Å². The van der Waals surface area contributed by atoms with Gasteiger partial charge in [-0.25, -0.2) is 0 Å². The summed E-state index contributed by atoms with van der Waals surface area (Å²) in [5, 5.41) is 9.79. The van der Waals surface area contributed by atoms with Gasteiger partial charge in [0, 0.05) is 24.8 Å². The fourth-order valence-electron chi connectivity index (χ4n) is 2.63. The van der Waals surface area contributed by atoms with Gasteiger partial charge < -0.3 is 19.9 Å². The number of rotatable bonds is 3. The molecule has 2 unspecified atom stereocenters. The van der Waals surface area contributed by atoms with Crippen molar-refractivity contribution >= 4 is 5.91 Å². The minimum atomic E-state index is -0.520. The zero-order valence-electron chi connectivity index (χ0n) is 12.1. The van der Waals surface area contributed by atoms with Crippen LogP contribution >= 0.6 is 0 Å². The number of amides is 1. The second-order valence-corrected chi connectivity index (χ2v) is 5.65. The van der Waals surface area contributed by atoms with Crippen LogP contribution in [0.15, 0.2) is 16.9 Å². The maximum Gasteiger partial charge on any atom is 0.260 e. The zero-order chi connectivity index (χ0) is 14.9. The molecule has 2 atom stereocenters. The molecule has 1 aromatic rings. The monoisotopic (exact) mass is 279 g/mol. The van der Waals surface area contributed by atoms with Crippen molar-refractivity contribution < 1.29 is 9.90 Å². The van der Waals surface area contributed by atoms with Crippen LogP contribution < -0.4 is 5.56 Å². The van der Waals surface area contributed by atoms with E-state index in [2.05, 4.69) is 4.98 Å². The number of likely N-dealkylation sites (tertiary alicyclic amines) is 1. The topological polar surface area (TPSA) is 76.6 Å². The highest BCUT2D eigenvalue weighted by Gasteiger charge is 2.35. The molecule has 1 aliphatic heterocycles. The first kappa shape index (κ1) is 14.7. The van der Waals surface area contributed by atoms with E-state index in [4.69, 9.17) is 0 Å². The summed E-state index contributed by atoms with van der Waals surface area (Å²) in [5.41, 5.74) is 0.478. The summed E-state index contributed by atoms with van der Waals surface area (Å²) < 4.78 is 0. The molecule has 6 heteroatoms. The average molecular weight is 279 g/mol. The summed E-state index contributed by atoms with van der Waals surface area (Å²) in [6.07, 6.45) is 0.0293. The first-order chi connectivity index (χ1) is 9.38. The maximum atomic E-state index is 12.5. The fourth-order valence-corrected chi connectivity index (χ4v) is 2.63. The molecule has 1 aliphatic rings. The second kappa shape index (κ2) is 5.76. The first-order valence-electron chi connectivity index (χ1n) is 6.72. The number of pyridine rings is 1. The SMILES string of the molecule is Cc1ccc(C(=O)N2CC(O)CC2CN(C)C)c(=O)[nH]1. The number of aliphatic hydroxyl groups is 1. The Balaban J connectivity index is 2.24. The predicted molar refractivity (Wildman–Crippen MR) is 75.8 cm³/mol. The van der Waals surface area contributed by atoms with Crippen molar-refractivity contribution in [1.82, 2.24) is 14.8 Å². The number of carbonyl (C=O) groups is 1. The molecule has 1 fully saturated rings. The van der Waals surface area contributed by atoms with Gasteiger partial charge in [0.2, 0.25) is 0 Å². The highest BCUT2D eigenvalue weighted by Crippen LogP contribution is 2.20. The Morgan fingerprint density at radius 3 is 2.80 bits per heavy atom. The summed E-state index contributed by atoms with van der Waals surface area (Å²) in [4.78, 5) is 30.6. The van der Waals surface area contributed by atoms with Gasteiger partial charge in [-0.1, -0.05) is 0 Å². The third-order valence-electron chi connectivity index (χ3n) is 3.51. The van der Waals surface area contributed by atoms with Crippen molar-refractivity contribution in [2.45, 2.75) is 25.5 Å². The molecule has 2 N–H and O–H groups in total. The third-order valence-corrected chi connectivity index (χ3v) is 3.51. The Morgan fingerprint density at radius 2 is 2.20 bits per heavy atom. The Labute approximate surface area is 118 Å². The van der Waals surface area contributed by atoms with Crippen LogP contribution in [0.2, 0.25) is 0 Å². The van der Waals surface area contributed by atoms with E-state index in [1.807, 2.05) is 19.0 Å². The molecule has 20 heavy (non-hydrogen) atoms. The minimum Gasteiger partial charge on any atom is -0.391 e. The number of nitrogens with zero attached hydrogens (tertiary/aromatic N) is 2. The Kier molecular flexibility index (Phi) is 4.25. The molecule has 2 rings (SSSR count). The molecule has 0 aromatic carbocycles. The number of likely N-dealkylation sites (N-methyl/N-ethyl adjacent to an activating group) is 1. The largest absolute Gasteiger partial charge is 0.391 e. The van der Waals surface area contributed by atoms with Crippen molar-refractivity contribution in [3.63, 3.8) is 0 Å². The van der Waals surface area contributed by atoms with Crippen molar-refractivity contribution in [3.05, 3.63) is 33.7 Å². The molecule has 0 aliphatic carbocycles. The van der Waals surface area contributed by atoms with Gasteiger partial charge in [-0.2, -0.15) is 0 Å². The van der Waals surface area contributed by atoms with E-state index < -0.39 is 6.10 Å². The first-order valence-corrected chi connectivity index (χ1v) is 6.72. The molecule has 0 spiro atoms. The molecule has 1 saturated heterocycles. The van der Waals surface area contributed by atoms with Gasteiger partial charge in [0.25, 0.3) is 11.5 Å². The van der Waals surface area contributed by atoms with Crippen molar-refractivity contribution in [3.8, 4) is 0 Å². The summed E-state index contributed by atoms with van der Waals surface area (Å²) in [7, 11) is 3.85. The second-order valence-electron chi connectivity index (χ2n) is 5.65. The van der Waals surface area contributed by atoms with Gasteiger partial charge >= 0.3 is 0 Å². The lowest BCUT2D eigenvalue weighted by molar-refractivity contribution is 0.0697. The lowest BCUT2D eigenvalue weighted by Gasteiger charge is -2.26. The van der Waals surface area contributed by atoms with E-state index >= 15 is 0 Å². The van der Waals surface area contributed by atoms with E-state index in [9.17, 15) is 14.7 Å². The van der Waals surface area contributed by atoms with Gasteiger partial charge in [0.05, 0.1) is 6.10 Å². The maximum absolute atomic E-state index is 12.5. The van der Waals surface area contributed by atoms with Crippen molar-refractivity contribution in [1.29, 1.82) is 0 Å². The molecular weight excluding hydrogens is 258 g/mol. The van der Waals surface area contributed by atoms with E-state index in [0.29, 0.717) is 13.0 Å². The summed E-state index contributed by atoms with van der Waals surface area (Å²) >= 11 is 0. The van der Waals surface area contributed by atoms with Gasteiger partial charge in [-0.05, 0) is 39.6 Å². The number of aliphatic hydroxyl groups excluding tert-OH is 1. The van der Waals surface area contributed by atoms with Gasteiger partial charge in [0.15, 0.2) is 0 Å². The van der Waals surface area contributed by atoms with E-state index in [-0.39, 0.29) is 29.6 Å². The minimum absolute atomic E-state index is 0.0618. The molecular formula is C14H21N3O3. The smallest absolute Gasteiger partial charge is 0.260 e. The molecule has 6 nitrogen and oxygen atoms in total. The standard InChI is InChI=1S/C14H21N3O3/c1-9-4-5-12(13(19)15-9)14(20)17-8-11(18)6-10(17)7-16(2)3/h4-5,10-11,18H,6-8H2,1-3H3,(H,15,19). The summed E-state index contributed by atoms with van der Waals surface area (Å²) in [6, 6.07) is 3.20. The molecule has 1 aromatic heterocycles. The van der Waals surface area contributed by atoms with Gasteiger partial charge in [-0.15, -0.1) is 0 Å². The summed E-state index contributed by atoms with van der Waals surface area (Å²) in [5.74, 6) is -0.311. The predicted octanol–water partition coefficient (Wildman–Crippen LogP) is -0.180. The van der Waals surface area contributed by atoms with E-state index in [0.717, 1.165) is 5.69 Å². The number of aromatic nitrogens is 1. The molecule has 0 bridgehead atoms. The van der Waals surface area contributed by atoms with Crippen molar-refractivity contribution in [2.75, 3.05) is 27.2 Å². The Hall–Kier alpha value is -1.66. The van der Waals surface area contributed by atoms with Crippen LogP contribution in [-0.4, -0.2) is 65.1 Å². The number of aryl methyl sites for hydroxylation is 1. The Morgan fingerprint density at radius 1 is 1.50 bits per heavy atom. The lowest BCUT2D eigenvalue weighted by Crippen LogP contribution is -2.43. The number of aromatic amines is 1. The van der Waals surface area contributed by atoms with Crippen LogP contribution in [0.4, 0.5) is 0 Å². The van der Waals surface area contributed by atoms with Crippen LogP contribution in [0.1, 0.15) is 22.5 Å². The average Bonchev–Trinajstić information content (AvgIpc) is 2.68. The number of carbonyl (C=O) groups excluding carboxylic acids is 1. The molecule has 110 valence electrons. The molecule has 0 radical (unpaired) electrons. The normalized spacial score (nSPS) is 22.6. The number of H-pyrrole nitrogens is 1. The number of β-amino-alcohol motifs (C(OH)–C–C–N with tert-alkyl or cyclic N) is 1. The van der Waals surface area contributed by atoms with Crippen LogP contribution in [-0.2, 0) is 0 Å². The van der Waals surface area contributed by atoms with Crippen LogP contribution in [0.25, 0.3) is 0 Å². The highest BCUT2D eigenvalue weighted by atomic mass is 16.3. The number of hydrogen-bond acceptors (Lipinski definition) is 4. The number of nitrogens with one attached hydrogen (secondary N) is 1. The molecule has 0 saturated carbocycles. The van der Waals surface area contributed by atoms with Gasteiger partial charge in [-0.3, -0.25) is 9.59 Å². The van der Waals surface area contributed by atoms with Crippen LogP contribution in [0.3, 0.4) is 0 Å². The fraction of sp³-hybridized carbons (Fsp3) is 0.571. The summed E-state index contributed by atoms with van der Waals surface area (Å²) in [6.45, 7) is 2.72. The Bertz CT molecular complexity index is 553. The zero-order valence-corrected chi connectivity index (χ0v) is 12.1. The molecule has 2 heterocycles.